The van der Waals surface area contributed by atoms with Gasteiger partial charge in [0.15, 0.2) is 5.96 Å². The number of benzene rings is 1. The fourth-order valence-electron chi connectivity index (χ4n) is 4.43. The molecule has 4 unspecified atom stereocenters. The first-order chi connectivity index (χ1) is 11.7. The van der Waals surface area contributed by atoms with Gasteiger partial charge in [0.25, 0.3) is 0 Å². The minimum Gasteiger partial charge on any atom is -0.373 e. The molecular weight excluding hydrogens is 300 g/mol. The van der Waals surface area contributed by atoms with Gasteiger partial charge in [0, 0.05) is 31.9 Å². The minimum absolute atomic E-state index is 0.374. The van der Waals surface area contributed by atoms with Crippen LogP contribution in [0.15, 0.2) is 29.3 Å². The Balaban J connectivity index is 1.29. The highest BCUT2D eigenvalue weighted by molar-refractivity contribution is 5.80. The van der Waals surface area contributed by atoms with Crippen molar-refractivity contribution in [3.8, 4) is 0 Å². The van der Waals surface area contributed by atoms with Crippen LogP contribution in [0.4, 0.5) is 5.69 Å². The minimum atomic E-state index is 0.374. The predicted molar refractivity (Wildman–Crippen MR) is 97.8 cm³/mol. The summed E-state index contributed by atoms with van der Waals surface area (Å²) in [5.74, 6) is 0.899. The largest absolute Gasteiger partial charge is 0.373 e. The number of nitrogens with one attached hydrogen (secondary N) is 2. The molecule has 1 aromatic rings. The van der Waals surface area contributed by atoms with Gasteiger partial charge in [-0.15, -0.1) is 0 Å². The van der Waals surface area contributed by atoms with E-state index >= 15 is 0 Å². The van der Waals surface area contributed by atoms with E-state index in [1.807, 2.05) is 7.05 Å². The Morgan fingerprint density at radius 2 is 2.21 bits per heavy atom. The van der Waals surface area contributed by atoms with Crippen molar-refractivity contribution in [3.63, 3.8) is 0 Å². The van der Waals surface area contributed by atoms with Crippen LogP contribution in [0.3, 0.4) is 0 Å². The van der Waals surface area contributed by atoms with Crippen molar-refractivity contribution in [3.05, 3.63) is 29.8 Å². The first-order valence-electron chi connectivity index (χ1n) is 9.22. The fraction of sp³-hybridized carbons (Fsp3) is 0.632. The molecule has 2 bridgehead atoms. The molecule has 2 saturated heterocycles. The molecule has 2 fully saturated rings. The van der Waals surface area contributed by atoms with E-state index in [1.165, 1.54) is 24.1 Å². The number of aliphatic imine (C=N–C) groups is 1. The Hall–Kier alpha value is -1.75. The summed E-state index contributed by atoms with van der Waals surface area (Å²) in [4.78, 5) is 6.88. The summed E-state index contributed by atoms with van der Waals surface area (Å²) in [5.41, 5.74) is 2.85. The van der Waals surface area contributed by atoms with E-state index in [0.717, 1.165) is 31.9 Å². The first-order valence-corrected chi connectivity index (χ1v) is 9.22. The fourth-order valence-corrected chi connectivity index (χ4v) is 4.43. The molecule has 4 atom stereocenters. The van der Waals surface area contributed by atoms with Crippen molar-refractivity contribution in [2.75, 3.05) is 25.0 Å². The van der Waals surface area contributed by atoms with Gasteiger partial charge in [-0.3, -0.25) is 4.99 Å². The summed E-state index contributed by atoms with van der Waals surface area (Å²) >= 11 is 0. The van der Waals surface area contributed by atoms with Crippen molar-refractivity contribution in [2.24, 2.45) is 4.99 Å². The SMILES string of the molecule is CN=C(NCCN1c2ccccc2CC1C)NC1CC2CCC1O2. The molecule has 130 valence electrons. The number of fused-ring (bicyclic) bond motifs is 3. The Morgan fingerprint density at radius 1 is 1.33 bits per heavy atom. The van der Waals surface area contributed by atoms with Crippen LogP contribution in [0, 0.1) is 0 Å². The standard InChI is InChI=1S/C19H28N4O/c1-13-11-14-5-3-4-6-17(14)23(13)10-9-21-19(20-2)22-16-12-15-7-8-18(16)24-15/h3-6,13,15-16,18H,7-12H2,1-2H3,(H2,20,21,22). The monoisotopic (exact) mass is 328 g/mol. The molecule has 3 heterocycles. The lowest BCUT2D eigenvalue weighted by Gasteiger charge is -2.26. The second kappa shape index (κ2) is 6.63. The van der Waals surface area contributed by atoms with E-state index in [2.05, 4.69) is 51.7 Å². The van der Waals surface area contributed by atoms with Gasteiger partial charge in [0.05, 0.1) is 18.2 Å². The normalized spacial score (nSPS) is 31.4. The third kappa shape index (κ3) is 2.97. The van der Waals surface area contributed by atoms with Gasteiger partial charge in [0.2, 0.25) is 0 Å². The quantitative estimate of drug-likeness (QED) is 0.655. The number of anilines is 1. The molecular formula is C19H28N4O. The van der Waals surface area contributed by atoms with Crippen LogP contribution in [-0.4, -0.2) is 50.4 Å². The zero-order chi connectivity index (χ0) is 16.5. The lowest BCUT2D eigenvalue weighted by Crippen LogP contribution is -2.49. The Kier molecular flexibility index (Phi) is 4.35. The van der Waals surface area contributed by atoms with Crippen LogP contribution < -0.4 is 15.5 Å². The second-order valence-electron chi connectivity index (χ2n) is 7.23. The highest BCUT2D eigenvalue weighted by Gasteiger charge is 2.41. The summed E-state index contributed by atoms with van der Waals surface area (Å²) < 4.78 is 5.92. The van der Waals surface area contributed by atoms with Crippen molar-refractivity contribution in [1.82, 2.24) is 10.6 Å². The molecule has 5 heteroatoms. The molecule has 0 aliphatic carbocycles. The molecule has 3 aliphatic rings. The number of ether oxygens (including phenoxy) is 1. The molecule has 0 saturated carbocycles. The summed E-state index contributed by atoms with van der Waals surface area (Å²) in [5, 5.41) is 7.02. The third-order valence-corrected chi connectivity index (χ3v) is 5.65. The zero-order valence-corrected chi connectivity index (χ0v) is 14.7. The third-order valence-electron chi connectivity index (χ3n) is 5.65. The van der Waals surface area contributed by atoms with E-state index in [1.54, 1.807) is 0 Å². The Bertz CT molecular complexity index is 617. The van der Waals surface area contributed by atoms with Gasteiger partial charge in [-0.2, -0.15) is 0 Å². The van der Waals surface area contributed by atoms with Crippen LogP contribution in [0.1, 0.15) is 31.7 Å². The van der Waals surface area contributed by atoms with Gasteiger partial charge >= 0.3 is 0 Å². The molecule has 1 aromatic carbocycles. The predicted octanol–water partition coefficient (Wildman–Crippen LogP) is 1.92. The van der Waals surface area contributed by atoms with Crippen molar-refractivity contribution in [2.45, 2.75) is 56.9 Å². The van der Waals surface area contributed by atoms with Crippen molar-refractivity contribution in [1.29, 1.82) is 0 Å². The average molecular weight is 328 g/mol. The number of hydrogen-bond acceptors (Lipinski definition) is 3. The summed E-state index contributed by atoms with van der Waals surface area (Å²) in [7, 11) is 1.84. The summed E-state index contributed by atoms with van der Waals surface area (Å²) in [6.45, 7) is 4.19. The lowest BCUT2D eigenvalue weighted by molar-refractivity contribution is 0.0992. The van der Waals surface area contributed by atoms with Gasteiger partial charge < -0.3 is 20.3 Å². The number of nitrogens with zero attached hydrogens (tertiary/aromatic N) is 2. The molecule has 2 N–H and O–H groups in total. The van der Waals surface area contributed by atoms with E-state index in [9.17, 15) is 0 Å². The smallest absolute Gasteiger partial charge is 0.191 e. The highest BCUT2D eigenvalue weighted by Crippen LogP contribution is 2.34. The maximum Gasteiger partial charge on any atom is 0.191 e. The van der Waals surface area contributed by atoms with Gasteiger partial charge in [-0.05, 0) is 44.2 Å². The van der Waals surface area contributed by atoms with E-state index in [4.69, 9.17) is 4.74 Å². The van der Waals surface area contributed by atoms with Crippen LogP contribution >= 0.6 is 0 Å². The Labute approximate surface area is 144 Å². The summed E-state index contributed by atoms with van der Waals surface area (Å²) in [6.07, 6.45) is 5.50. The summed E-state index contributed by atoms with van der Waals surface area (Å²) in [6, 6.07) is 9.73. The van der Waals surface area contributed by atoms with E-state index < -0.39 is 0 Å². The first kappa shape index (κ1) is 15.8. The van der Waals surface area contributed by atoms with Crippen LogP contribution in [0.25, 0.3) is 0 Å². The number of para-hydroxylation sites is 1. The molecule has 24 heavy (non-hydrogen) atoms. The molecule has 5 nitrogen and oxygen atoms in total. The Morgan fingerprint density at radius 3 is 2.96 bits per heavy atom. The van der Waals surface area contributed by atoms with Crippen LogP contribution in [-0.2, 0) is 11.2 Å². The van der Waals surface area contributed by atoms with Gasteiger partial charge in [-0.1, -0.05) is 18.2 Å². The van der Waals surface area contributed by atoms with E-state index in [0.29, 0.717) is 24.3 Å². The molecule has 0 amide bonds. The number of rotatable bonds is 4. The number of hydrogen-bond donors (Lipinski definition) is 2. The topological polar surface area (TPSA) is 48.9 Å². The van der Waals surface area contributed by atoms with E-state index in [-0.39, 0.29) is 0 Å². The van der Waals surface area contributed by atoms with Gasteiger partial charge in [-0.25, -0.2) is 0 Å². The van der Waals surface area contributed by atoms with Crippen molar-refractivity contribution < 1.29 is 4.74 Å². The maximum absolute atomic E-state index is 5.92. The van der Waals surface area contributed by atoms with Crippen molar-refractivity contribution >= 4 is 11.6 Å². The highest BCUT2D eigenvalue weighted by atomic mass is 16.5. The van der Waals surface area contributed by atoms with Crippen LogP contribution in [0.2, 0.25) is 0 Å². The molecule has 3 aliphatic heterocycles. The maximum atomic E-state index is 5.92. The average Bonchev–Trinajstić information content (AvgIpc) is 3.28. The zero-order valence-electron chi connectivity index (χ0n) is 14.7. The van der Waals surface area contributed by atoms with Crippen LogP contribution in [0.5, 0.6) is 0 Å². The number of guanidine groups is 1. The lowest BCUT2D eigenvalue weighted by atomic mass is 9.96. The molecule has 0 aromatic heterocycles. The molecule has 0 radical (unpaired) electrons. The van der Waals surface area contributed by atoms with Gasteiger partial charge in [0.1, 0.15) is 0 Å². The molecule has 0 spiro atoms. The second-order valence-corrected chi connectivity index (χ2v) is 7.23. The molecule has 4 rings (SSSR count).